The molecule has 0 radical (unpaired) electrons. The van der Waals surface area contributed by atoms with Gasteiger partial charge in [0.1, 0.15) is 0 Å². The molecule has 0 spiro atoms. The van der Waals surface area contributed by atoms with Crippen molar-refractivity contribution in [2.75, 3.05) is 46.4 Å². The number of hydrogen-bond donors (Lipinski definition) is 1. The predicted octanol–water partition coefficient (Wildman–Crippen LogP) is 2.51. The van der Waals surface area contributed by atoms with Gasteiger partial charge in [0, 0.05) is 38.3 Å². The average molecular weight is 335 g/mol. The first-order valence-corrected chi connectivity index (χ1v) is 9.18. The molecule has 1 aliphatic heterocycles. The van der Waals surface area contributed by atoms with Gasteiger partial charge in [-0.25, -0.2) is 0 Å². The summed E-state index contributed by atoms with van der Waals surface area (Å²) in [7, 11) is 2.22. The van der Waals surface area contributed by atoms with Gasteiger partial charge >= 0.3 is 0 Å². The van der Waals surface area contributed by atoms with Crippen LogP contribution in [0.25, 0.3) is 0 Å². The van der Waals surface area contributed by atoms with Gasteiger partial charge < -0.3 is 20.1 Å². The minimum absolute atomic E-state index is 0.225. The maximum Gasteiger partial charge on any atom is 0.161 e. The average Bonchev–Trinajstić information content (AvgIpc) is 2.59. The van der Waals surface area contributed by atoms with Gasteiger partial charge in [0.05, 0.1) is 13.2 Å². The summed E-state index contributed by atoms with van der Waals surface area (Å²) in [6.07, 6.45) is 1.16. The van der Waals surface area contributed by atoms with Crippen LogP contribution in [-0.4, -0.2) is 62.3 Å². The first kappa shape index (κ1) is 19.0. The maximum absolute atomic E-state index is 6.15. The van der Waals surface area contributed by atoms with Crippen molar-refractivity contribution in [3.63, 3.8) is 0 Å². The molecule has 2 N–H and O–H groups in total. The summed E-state index contributed by atoms with van der Waals surface area (Å²) in [6, 6.07) is 7.07. The molecular formula is C19H33N3O2. The van der Waals surface area contributed by atoms with Crippen molar-refractivity contribution in [3.05, 3.63) is 23.8 Å². The first-order valence-electron chi connectivity index (χ1n) is 9.18. The molecule has 2 atom stereocenters. The minimum atomic E-state index is 0.225. The number of rotatable bonds is 8. The highest BCUT2D eigenvalue weighted by Gasteiger charge is 2.28. The number of piperazine rings is 1. The SMILES string of the molecule is CCOc1ccc(C(CN)N2CCN(C)C(CC)C2)cc1OCC. The third kappa shape index (κ3) is 4.41. The molecule has 0 aromatic heterocycles. The molecule has 0 saturated carbocycles. The molecule has 5 nitrogen and oxygen atoms in total. The monoisotopic (exact) mass is 335 g/mol. The Kier molecular flexibility index (Phi) is 7.34. The van der Waals surface area contributed by atoms with Crippen molar-refractivity contribution in [3.8, 4) is 11.5 Å². The molecule has 1 heterocycles. The quantitative estimate of drug-likeness (QED) is 0.791. The van der Waals surface area contributed by atoms with E-state index < -0.39 is 0 Å². The standard InChI is InChI=1S/C19H33N3O2/c1-5-16-14-22(11-10-21(16)4)17(13-20)15-8-9-18(23-6-2)19(12-15)24-7-3/h8-9,12,16-17H,5-7,10-11,13-14,20H2,1-4H3. The van der Waals surface area contributed by atoms with Crippen LogP contribution >= 0.6 is 0 Å². The Morgan fingerprint density at radius 1 is 1.12 bits per heavy atom. The third-order valence-corrected chi connectivity index (χ3v) is 4.90. The lowest BCUT2D eigenvalue weighted by molar-refractivity contribution is 0.0643. The van der Waals surface area contributed by atoms with E-state index in [-0.39, 0.29) is 6.04 Å². The second-order valence-corrected chi connectivity index (χ2v) is 6.36. The van der Waals surface area contributed by atoms with Crippen LogP contribution in [0.1, 0.15) is 38.8 Å². The van der Waals surface area contributed by atoms with Gasteiger partial charge in [0.25, 0.3) is 0 Å². The normalized spacial score (nSPS) is 20.8. The van der Waals surface area contributed by atoms with Gasteiger partial charge in [-0.3, -0.25) is 4.90 Å². The van der Waals surface area contributed by atoms with E-state index in [1.165, 1.54) is 5.56 Å². The molecule has 0 amide bonds. The van der Waals surface area contributed by atoms with Gasteiger partial charge in [-0.2, -0.15) is 0 Å². The molecule has 136 valence electrons. The summed E-state index contributed by atoms with van der Waals surface area (Å²) in [6.45, 7) is 11.3. The predicted molar refractivity (Wildman–Crippen MR) is 98.9 cm³/mol. The van der Waals surface area contributed by atoms with Crippen molar-refractivity contribution in [1.82, 2.24) is 9.80 Å². The molecule has 1 aromatic rings. The fraction of sp³-hybridized carbons (Fsp3) is 0.684. The molecule has 24 heavy (non-hydrogen) atoms. The Morgan fingerprint density at radius 3 is 2.46 bits per heavy atom. The van der Waals surface area contributed by atoms with Gasteiger partial charge in [-0.05, 0) is 45.0 Å². The van der Waals surface area contributed by atoms with Crippen molar-refractivity contribution >= 4 is 0 Å². The molecule has 1 aromatic carbocycles. The van der Waals surface area contributed by atoms with E-state index in [1.54, 1.807) is 0 Å². The number of likely N-dealkylation sites (N-methyl/N-ethyl adjacent to an activating group) is 1. The largest absolute Gasteiger partial charge is 0.490 e. The van der Waals surface area contributed by atoms with E-state index in [2.05, 4.69) is 35.9 Å². The summed E-state index contributed by atoms with van der Waals surface area (Å²) in [5.41, 5.74) is 7.36. The zero-order valence-corrected chi connectivity index (χ0v) is 15.6. The summed E-state index contributed by atoms with van der Waals surface area (Å²) in [5.74, 6) is 1.63. The highest BCUT2D eigenvalue weighted by Crippen LogP contribution is 2.33. The van der Waals surface area contributed by atoms with Gasteiger partial charge in [-0.1, -0.05) is 13.0 Å². The Bertz CT molecular complexity index is 509. The Hall–Kier alpha value is -1.30. The summed E-state index contributed by atoms with van der Waals surface area (Å²) >= 11 is 0. The first-order chi connectivity index (χ1) is 11.6. The van der Waals surface area contributed by atoms with Crippen LogP contribution in [-0.2, 0) is 0 Å². The molecular weight excluding hydrogens is 302 g/mol. The lowest BCUT2D eigenvalue weighted by atomic mass is 10.0. The summed E-state index contributed by atoms with van der Waals surface area (Å²) in [4.78, 5) is 4.97. The zero-order valence-electron chi connectivity index (χ0n) is 15.6. The van der Waals surface area contributed by atoms with E-state index in [0.717, 1.165) is 37.6 Å². The molecule has 1 aliphatic rings. The van der Waals surface area contributed by atoms with Crippen LogP contribution in [0.3, 0.4) is 0 Å². The van der Waals surface area contributed by atoms with E-state index in [0.29, 0.717) is 25.8 Å². The third-order valence-electron chi connectivity index (χ3n) is 4.90. The van der Waals surface area contributed by atoms with Crippen LogP contribution in [0.5, 0.6) is 11.5 Å². The second-order valence-electron chi connectivity index (χ2n) is 6.36. The Morgan fingerprint density at radius 2 is 1.83 bits per heavy atom. The second kappa shape index (κ2) is 9.25. The number of ether oxygens (including phenoxy) is 2. The number of benzene rings is 1. The van der Waals surface area contributed by atoms with Crippen LogP contribution in [0.15, 0.2) is 18.2 Å². The Labute approximate surface area is 146 Å². The molecule has 2 rings (SSSR count). The fourth-order valence-electron chi connectivity index (χ4n) is 3.46. The maximum atomic E-state index is 6.15. The van der Waals surface area contributed by atoms with E-state index in [9.17, 15) is 0 Å². The zero-order chi connectivity index (χ0) is 17.5. The molecule has 1 saturated heterocycles. The molecule has 0 bridgehead atoms. The Balaban J connectivity index is 2.21. The van der Waals surface area contributed by atoms with Crippen LogP contribution in [0.4, 0.5) is 0 Å². The molecule has 0 aliphatic carbocycles. The van der Waals surface area contributed by atoms with Crippen molar-refractivity contribution in [2.24, 2.45) is 5.73 Å². The fourth-order valence-corrected chi connectivity index (χ4v) is 3.46. The lowest BCUT2D eigenvalue weighted by Gasteiger charge is -2.42. The topological polar surface area (TPSA) is 51.0 Å². The van der Waals surface area contributed by atoms with Gasteiger partial charge in [-0.15, -0.1) is 0 Å². The number of nitrogens with zero attached hydrogens (tertiary/aromatic N) is 2. The van der Waals surface area contributed by atoms with Crippen molar-refractivity contribution < 1.29 is 9.47 Å². The minimum Gasteiger partial charge on any atom is -0.490 e. The summed E-state index contributed by atoms with van der Waals surface area (Å²) < 4.78 is 11.5. The lowest BCUT2D eigenvalue weighted by Crippen LogP contribution is -2.53. The van der Waals surface area contributed by atoms with Gasteiger partial charge in [0.15, 0.2) is 11.5 Å². The highest BCUT2D eigenvalue weighted by atomic mass is 16.5. The molecule has 1 fully saturated rings. The van der Waals surface area contributed by atoms with Crippen molar-refractivity contribution in [2.45, 2.75) is 39.3 Å². The van der Waals surface area contributed by atoms with E-state index in [1.807, 2.05) is 19.9 Å². The summed E-state index contributed by atoms with van der Waals surface area (Å²) in [5, 5.41) is 0. The number of nitrogens with two attached hydrogens (primary N) is 1. The number of hydrogen-bond acceptors (Lipinski definition) is 5. The van der Waals surface area contributed by atoms with Crippen LogP contribution in [0.2, 0.25) is 0 Å². The highest BCUT2D eigenvalue weighted by molar-refractivity contribution is 5.44. The molecule has 5 heteroatoms. The van der Waals surface area contributed by atoms with Crippen LogP contribution < -0.4 is 15.2 Å². The molecule has 2 unspecified atom stereocenters. The van der Waals surface area contributed by atoms with Crippen LogP contribution in [0, 0.1) is 0 Å². The van der Waals surface area contributed by atoms with Gasteiger partial charge in [0.2, 0.25) is 0 Å². The van der Waals surface area contributed by atoms with E-state index >= 15 is 0 Å². The smallest absolute Gasteiger partial charge is 0.161 e. The van der Waals surface area contributed by atoms with E-state index in [4.69, 9.17) is 15.2 Å². The van der Waals surface area contributed by atoms with Crippen molar-refractivity contribution in [1.29, 1.82) is 0 Å².